The van der Waals surface area contributed by atoms with Crippen molar-refractivity contribution in [2.75, 3.05) is 47.4 Å². The summed E-state index contributed by atoms with van der Waals surface area (Å²) >= 11 is 0. The maximum absolute atomic E-state index is 5.57. The van der Waals surface area contributed by atoms with Crippen molar-refractivity contribution >= 4 is 5.96 Å². The quantitative estimate of drug-likeness (QED) is 0.606. The highest BCUT2D eigenvalue weighted by atomic mass is 16.5. The number of aliphatic imine (C=N–C) groups is 1. The van der Waals surface area contributed by atoms with Gasteiger partial charge in [0.2, 0.25) is 0 Å². The number of likely N-dealkylation sites (N-methyl/N-ethyl adjacent to an activating group) is 1. The Morgan fingerprint density at radius 1 is 1.04 bits per heavy atom. The van der Waals surface area contributed by atoms with Gasteiger partial charge in [0, 0.05) is 44.3 Å². The molecular weight excluding hydrogens is 324 g/mol. The molecule has 1 aliphatic heterocycles. The van der Waals surface area contributed by atoms with E-state index in [0.717, 1.165) is 45.1 Å². The van der Waals surface area contributed by atoms with Crippen molar-refractivity contribution in [2.45, 2.75) is 43.1 Å². The molecular formula is C21H34N4O. The van der Waals surface area contributed by atoms with E-state index in [4.69, 9.17) is 4.74 Å². The van der Waals surface area contributed by atoms with Gasteiger partial charge in [-0.1, -0.05) is 36.8 Å². The first-order valence-electron chi connectivity index (χ1n) is 9.86. The van der Waals surface area contributed by atoms with Crippen LogP contribution >= 0.6 is 0 Å². The van der Waals surface area contributed by atoms with Gasteiger partial charge < -0.3 is 20.3 Å². The molecule has 0 unspecified atom stereocenters. The second-order valence-corrected chi connectivity index (χ2v) is 8.01. The molecule has 2 fully saturated rings. The van der Waals surface area contributed by atoms with Gasteiger partial charge in [-0.2, -0.15) is 0 Å². The van der Waals surface area contributed by atoms with Gasteiger partial charge in [-0.3, -0.25) is 4.99 Å². The topological polar surface area (TPSA) is 48.9 Å². The SMILES string of the molecule is CN=C(NCC1(c2ccccc2)CCC1)NCC1(N(C)C)CCOCC1. The maximum atomic E-state index is 5.57. The molecule has 26 heavy (non-hydrogen) atoms. The number of nitrogens with one attached hydrogen (secondary N) is 2. The average molecular weight is 359 g/mol. The van der Waals surface area contributed by atoms with Crippen molar-refractivity contribution in [3.05, 3.63) is 35.9 Å². The maximum Gasteiger partial charge on any atom is 0.191 e. The Bertz CT molecular complexity index is 589. The first-order chi connectivity index (χ1) is 12.6. The number of rotatable bonds is 6. The highest BCUT2D eigenvalue weighted by Gasteiger charge is 2.39. The van der Waals surface area contributed by atoms with E-state index in [1.807, 2.05) is 7.05 Å². The zero-order valence-corrected chi connectivity index (χ0v) is 16.6. The summed E-state index contributed by atoms with van der Waals surface area (Å²) in [5.74, 6) is 0.903. The molecule has 0 radical (unpaired) electrons. The van der Waals surface area contributed by atoms with Gasteiger partial charge in [-0.15, -0.1) is 0 Å². The Hall–Kier alpha value is -1.59. The van der Waals surface area contributed by atoms with Crippen LogP contribution in [-0.4, -0.2) is 63.8 Å². The van der Waals surface area contributed by atoms with E-state index in [0.29, 0.717) is 0 Å². The number of benzene rings is 1. The summed E-state index contributed by atoms with van der Waals surface area (Å²) in [4.78, 5) is 6.80. The molecule has 144 valence electrons. The average Bonchev–Trinajstić information content (AvgIpc) is 2.64. The zero-order valence-electron chi connectivity index (χ0n) is 16.6. The zero-order chi connectivity index (χ0) is 18.5. The molecule has 0 amide bonds. The van der Waals surface area contributed by atoms with E-state index in [-0.39, 0.29) is 11.0 Å². The van der Waals surface area contributed by atoms with Crippen LogP contribution in [0.2, 0.25) is 0 Å². The Labute approximate surface area is 158 Å². The molecule has 0 bridgehead atoms. The van der Waals surface area contributed by atoms with E-state index < -0.39 is 0 Å². The van der Waals surface area contributed by atoms with Crippen LogP contribution in [0.4, 0.5) is 0 Å². The molecule has 2 N–H and O–H groups in total. The Morgan fingerprint density at radius 3 is 2.23 bits per heavy atom. The van der Waals surface area contributed by atoms with Crippen molar-refractivity contribution in [1.82, 2.24) is 15.5 Å². The van der Waals surface area contributed by atoms with Gasteiger partial charge in [0.1, 0.15) is 0 Å². The largest absolute Gasteiger partial charge is 0.381 e. The second kappa shape index (κ2) is 8.40. The molecule has 5 nitrogen and oxygen atoms in total. The smallest absolute Gasteiger partial charge is 0.191 e. The first kappa shape index (κ1) is 19.2. The van der Waals surface area contributed by atoms with E-state index in [9.17, 15) is 0 Å². The highest BCUT2D eigenvalue weighted by molar-refractivity contribution is 5.79. The normalized spacial score (nSPS) is 21.9. The second-order valence-electron chi connectivity index (χ2n) is 8.01. The molecule has 1 saturated heterocycles. The summed E-state index contributed by atoms with van der Waals surface area (Å²) in [5.41, 5.74) is 1.85. The third-order valence-electron chi connectivity index (χ3n) is 6.47. The molecule has 0 spiro atoms. The van der Waals surface area contributed by atoms with Crippen LogP contribution in [0.3, 0.4) is 0 Å². The summed E-state index contributed by atoms with van der Waals surface area (Å²) in [6.07, 6.45) is 5.92. The minimum absolute atomic E-state index is 0.142. The fourth-order valence-corrected chi connectivity index (χ4v) is 4.22. The Kier molecular flexibility index (Phi) is 6.20. The van der Waals surface area contributed by atoms with Gasteiger partial charge >= 0.3 is 0 Å². The third kappa shape index (κ3) is 4.04. The van der Waals surface area contributed by atoms with Gasteiger partial charge in [0.25, 0.3) is 0 Å². The van der Waals surface area contributed by atoms with E-state index in [2.05, 4.69) is 65.0 Å². The lowest BCUT2D eigenvalue weighted by atomic mass is 9.64. The molecule has 1 heterocycles. The standard InChI is InChI=1S/C21H34N4O/c1-22-19(24-17-21(25(2)3)12-14-26-15-13-21)23-16-20(10-7-11-20)18-8-5-4-6-9-18/h4-6,8-9H,7,10-17H2,1-3H3,(H2,22,23,24). The molecule has 0 atom stereocenters. The van der Waals surface area contributed by atoms with E-state index >= 15 is 0 Å². The Balaban J connectivity index is 1.58. The minimum Gasteiger partial charge on any atom is -0.381 e. The number of nitrogens with zero attached hydrogens (tertiary/aromatic N) is 2. The Morgan fingerprint density at radius 2 is 1.69 bits per heavy atom. The van der Waals surface area contributed by atoms with Crippen LogP contribution in [-0.2, 0) is 10.2 Å². The van der Waals surface area contributed by atoms with Gasteiger partial charge in [0.15, 0.2) is 5.96 Å². The lowest BCUT2D eigenvalue weighted by Crippen LogP contribution is -2.58. The lowest BCUT2D eigenvalue weighted by Gasteiger charge is -2.44. The number of hydrogen-bond donors (Lipinski definition) is 2. The van der Waals surface area contributed by atoms with Crippen molar-refractivity contribution in [3.8, 4) is 0 Å². The van der Waals surface area contributed by atoms with Gasteiger partial charge in [-0.05, 0) is 45.3 Å². The van der Waals surface area contributed by atoms with Crippen LogP contribution in [0.5, 0.6) is 0 Å². The third-order valence-corrected chi connectivity index (χ3v) is 6.47. The van der Waals surface area contributed by atoms with Crippen molar-refractivity contribution in [1.29, 1.82) is 0 Å². The monoisotopic (exact) mass is 358 g/mol. The van der Waals surface area contributed by atoms with Crippen molar-refractivity contribution < 1.29 is 4.74 Å². The predicted octanol–water partition coefficient (Wildman–Crippen LogP) is 2.38. The molecule has 1 aliphatic carbocycles. The fraction of sp³-hybridized carbons (Fsp3) is 0.667. The van der Waals surface area contributed by atoms with Crippen LogP contribution in [0.15, 0.2) is 35.3 Å². The predicted molar refractivity (Wildman–Crippen MR) is 108 cm³/mol. The molecule has 1 aromatic carbocycles. The van der Waals surface area contributed by atoms with Crippen LogP contribution < -0.4 is 10.6 Å². The molecule has 3 rings (SSSR count). The number of hydrogen-bond acceptors (Lipinski definition) is 3. The van der Waals surface area contributed by atoms with Gasteiger partial charge in [0.05, 0.1) is 0 Å². The minimum atomic E-state index is 0.142. The number of guanidine groups is 1. The molecule has 0 aromatic heterocycles. The molecule has 1 saturated carbocycles. The molecule has 2 aliphatic rings. The summed E-state index contributed by atoms with van der Waals surface area (Å²) in [5, 5.41) is 7.17. The van der Waals surface area contributed by atoms with Crippen molar-refractivity contribution in [3.63, 3.8) is 0 Å². The van der Waals surface area contributed by atoms with E-state index in [1.54, 1.807) is 0 Å². The molecule has 1 aromatic rings. The summed E-state index contributed by atoms with van der Waals surface area (Å²) in [6.45, 7) is 3.50. The van der Waals surface area contributed by atoms with Crippen LogP contribution in [0.1, 0.15) is 37.7 Å². The molecule has 5 heteroatoms. The summed E-state index contributed by atoms with van der Waals surface area (Å²) < 4.78 is 5.57. The van der Waals surface area contributed by atoms with Gasteiger partial charge in [-0.25, -0.2) is 0 Å². The van der Waals surface area contributed by atoms with Crippen LogP contribution in [0, 0.1) is 0 Å². The number of ether oxygens (including phenoxy) is 1. The highest BCUT2D eigenvalue weighted by Crippen LogP contribution is 2.43. The van der Waals surface area contributed by atoms with Crippen molar-refractivity contribution in [2.24, 2.45) is 4.99 Å². The summed E-state index contributed by atoms with van der Waals surface area (Å²) in [6, 6.07) is 10.9. The fourth-order valence-electron chi connectivity index (χ4n) is 4.22. The summed E-state index contributed by atoms with van der Waals surface area (Å²) in [7, 11) is 6.20. The first-order valence-corrected chi connectivity index (χ1v) is 9.86. The lowest BCUT2D eigenvalue weighted by molar-refractivity contribution is -0.00502. The van der Waals surface area contributed by atoms with Crippen LogP contribution in [0.25, 0.3) is 0 Å². The van der Waals surface area contributed by atoms with E-state index in [1.165, 1.54) is 24.8 Å².